The Balaban J connectivity index is 0.793. The van der Waals surface area contributed by atoms with Crippen LogP contribution in [-0.4, -0.2) is 140 Å². The van der Waals surface area contributed by atoms with Crippen molar-refractivity contribution in [2.45, 2.75) is 146 Å². The van der Waals surface area contributed by atoms with E-state index in [-0.39, 0.29) is 42.5 Å². The molecule has 10 rings (SSSR count). The molecule has 0 spiro atoms. The molecule has 3 saturated heterocycles. The number of ether oxygens (including phenoxy) is 1. The molecule has 4 aromatic heterocycles. The van der Waals surface area contributed by atoms with Crippen molar-refractivity contribution >= 4 is 65.2 Å². The van der Waals surface area contributed by atoms with Gasteiger partial charge in [0.2, 0.25) is 11.8 Å². The van der Waals surface area contributed by atoms with Crippen molar-refractivity contribution in [3.8, 4) is 5.88 Å². The number of aromatic nitrogens is 3. The number of pyridine rings is 3. The number of phosphoric acid groups is 1. The van der Waals surface area contributed by atoms with E-state index < -0.39 is 13.4 Å². The predicted octanol–water partition coefficient (Wildman–Crippen LogP) is 7.81. The first-order valence-corrected chi connectivity index (χ1v) is 29.0. The molecule has 2 amide bonds. The molecular weight excluding hydrogens is 980 g/mol. The van der Waals surface area contributed by atoms with Crippen LogP contribution in [0.5, 0.6) is 5.88 Å². The quantitative estimate of drug-likeness (QED) is 0.0603. The van der Waals surface area contributed by atoms with Gasteiger partial charge in [0.1, 0.15) is 11.5 Å². The number of piperidine rings is 2. The summed E-state index contributed by atoms with van der Waals surface area (Å²) in [6.07, 6.45) is 18.4. The van der Waals surface area contributed by atoms with Gasteiger partial charge in [-0.1, -0.05) is 6.58 Å². The van der Waals surface area contributed by atoms with E-state index in [4.69, 9.17) is 24.2 Å². The summed E-state index contributed by atoms with van der Waals surface area (Å²) in [5, 5.41) is 17.5. The SMILES string of the molecule is C=CC(=O)Nc1cc(Nc2cc(N3CCCC(N4CCc5c(sc6c5CCCC6)C4=O)C3CO)cnc2OC)ncc1N1CCN(C2CCN(c3ccnc(C4CCC(C)(OP(=O)(O)O)CC4)c3)[C@H](C)C2)C[C@@H]1C. The van der Waals surface area contributed by atoms with Gasteiger partial charge in [-0.2, -0.15) is 0 Å². The Morgan fingerprint density at radius 3 is 2.45 bits per heavy atom. The average Bonchev–Trinajstić information content (AvgIpc) is 3.78. The molecule has 18 nitrogen and oxygen atoms in total. The Morgan fingerprint density at radius 2 is 1.70 bits per heavy atom. The molecular formula is C54H73N10O8PS. The summed E-state index contributed by atoms with van der Waals surface area (Å²) >= 11 is 1.69. The molecule has 398 valence electrons. The molecule has 5 atom stereocenters. The Hall–Kier alpha value is -5.14. The Bertz CT molecular complexity index is 2770. The molecule has 4 aromatic rings. The molecule has 0 radical (unpaired) electrons. The van der Waals surface area contributed by atoms with Gasteiger partial charge in [-0.05, 0) is 140 Å². The minimum absolute atomic E-state index is 0.101. The lowest BCUT2D eigenvalue weighted by molar-refractivity contribution is -0.111. The van der Waals surface area contributed by atoms with Gasteiger partial charge in [0.15, 0.2) is 0 Å². The third-order valence-corrected chi connectivity index (χ3v) is 18.9. The second-order valence-corrected chi connectivity index (χ2v) is 23.8. The number of methoxy groups -OCH3 is 1. The van der Waals surface area contributed by atoms with Gasteiger partial charge in [0.25, 0.3) is 5.91 Å². The molecule has 1 saturated carbocycles. The highest BCUT2D eigenvalue weighted by molar-refractivity contribution is 7.46. The van der Waals surface area contributed by atoms with E-state index in [9.17, 15) is 29.0 Å². The number of aliphatic hydroxyl groups excluding tert-OH is 1. The first-order valence-electron chi connectivity index (χ1n) is 26.7. The molecule has 4 fully saturated rings. The number of thiophene rings is 1. The fourth-order valence-electron chi connectivity index (χ4n) is 13.1. The maximum Gasteiger partial charge on any atom is 0.470 e. The van der Waals surface area contributed by atoms with Crippen molar-refractivity contribution in [1.29, 1.82) is 0 Å². The van der Waals surface area contributed by atoms with Crippen molar-refractivity contribution in [2.24, 2.45) is 0 Å². The lowest BCUT2D eigenvalue weighted by Gasteiger charge is -2.48. The fraction of sp³-hybridized carbons (Fsp3) is 0.574. The van der Waals surface area contributed by atoms with Gasteiger partial charge >= 0.3 is 7.82 Å². The summed E-state index contributed by atoms with van der Waals surface area (Å²) in [5.74, 6) is 0.830. The van der Waals surface area contributed by atoms with Crippen LogP contribution in [0.3, 0.4) is 0 Å². The average molecular weight is 1050 g/mol. The summed E-state index contributed by atoms with van der Waals surface area (Å²) < 4.78 is 22.5. The van der Waals surface area contributed by atoms with Gasteiger partial charge in [-0.3, -0.25) is 24.0 Å². The number of piperazine rings is 1. The van der Waals surface area contributed by atoms with Crippen LogP contribution >= 0.6 is 19.2 Å². The molecule has 8 heterocycles. The van der Waals surface area contributed by atoms with E-state index in [1.54, 1.807) is 31.6 Å². The first-order chi connectivity index (χ1) is 35.6. The number of amides is 2. The molecule has 3 unspecified atom stereocenters. The third kappa shape index (κ3) is 10.9. The molecule has 2 aliphatic carbocycles. The minimum Gasteiger partial charge on any atom is -0.480 e. The van der Waals surface area contributed by atoms with Crippen LogP contribution in [0.4, 0.5) is 34.3 Å². The maximum atomic E-state index is 14.2. The number of carbonyl (C=O) groups is 2. The van der Waals surface area contributed by atoms with Crippen LogP contribution < -0.4 is 30.1 Å². The van der Waals surface area contributed by atoms with Crippen LogP contribution in [0.2, 0.25) is 0 Å². The van der Waals surface area contributed by atoms with Crippen molar-refractivity contribution in [3.63, 3.8) is 0 Å². The van der Waals surface area contributed by atoms with E-state index in [1.807, 2.05) is 29.4 Å². The van der Waals surface area contributed by atoms with E-state index in [0.717, 1.165) is 112 Å². The standard InChI is InChI=1S/C54H73N10O8PS/c1-6-50(66)59-43-29-49(58-44-28-39(30-57-52(44)71-5)63-21-9-11-45(47(63)33-65)64-23-17-41-40-10-7-8-12-48(40)74-51(41)53(64)67)56-31-46(43)62-25-24-60(32-35(62)3)37-16-22-61(34(2)26-37)38-15-20-55-42(27-38)36-13-18-54(4,19-14-36)72-73(68,69)70/h6,15,20,27-31,34-37,45,47,65H,1,7-14,16-19,21-26,32-33H2,2-5H3,(H2,68,69,70)(H2,56,58,59,66)/t34-,35+,36?,37?,45?,47?,54?/m1/s1. The summed E-state index contributed by atoms with van der Waals surface area (Å²) in [4.78, 5) is 74.3. The highest BCUT2D eigenvalue weighted by Crippen LogP contribution is 2.49. The number of fused-ring (bicyclic) bond motifs is 3. The monoisotopic (exact) mass is 1050 g/mol. The number of aryl methyl sites for hydroxylation is 1. The smallest absolute Gasteiger partial charge is 0.470 e. The van der Waals surface area contributed by atoms with Gasteiger partial charge in [0, 0.05) is 91.8 Å². The van der Waals surface area contributed by atoms with Gasteiger partial charge in [-0.25, -0.2) is 14.5 Å². The van der Waals surface area contributed by atoms with Crippen LogP contribution in [0.25, 0.3) is 0 Å². The zero-order valence-corrected chi connectivity index (χ0v) is 45.0. The second kappa shape index (κ2) is 21.8. The Morgan fingerprint density at radius 1 is 0.892 bits per heavy atom. The van der Waals surface area contributed by atoms with Crippen LogP contribution in [-0.2, 0) is 33.1 Å². The topological polar surface area (TPSA) is 209 Å². The van der Waals surface area contributed by atoms with E-state index >= 15 is 0 Å². The number of anilines is 6. The summed E-state index contributed by atoms with van der Waals surface area (Å²) in [6.45, 7) is 14.6. The van der Waals surface area contributed by atoms with Crippen molar-refractivity contribution in [2.75, 3.05) is 78.3 Å². The summed E-state index contributed by atoms with van der Waals surface area (Å²) in [5.41, 5.74) is 6.83. The number of hydrogen-bond acceptors (Lipinski definition) is 15. The predicted molar refractivity (Wildman–Crippen MR) is 289 cm³/mol. The second-order valence-electron chi connectivity index (χ2n) is 21.6. The number of phosphoric ester groups is 1. The number of carbonyl (C=O) groups excluding carboxylic acids is 2. The van der Waals surface area contributed by atoms with Crippen molar-refractivity contribution < 1.29 is 38.3 Å². The highest BCUT2D eigenvalue weighted by atomic mass is 32.1. The number of rotatable bonds is 14. The largest absolute Gasteiger partial charge is 0.480 e. The molecule has 5 N–H and O–H groups in total. The highest BCUT2D eigenvalue weighted by Gasteiger charge is 2.42. The number of nitrogens with zero attached hydrogens (tertiary/aromatic N) is 8. The molecule has 0 aromatic carbocycles. The molecule has 0 bridgehead atoms. The first kappa shape index (κ1) is 52.3. The Labute approximate surface area is 438 Å². The van der Waals surface area contributed by atoms with Crippen LogP contribution in [0.1, 0.15) is 122 Å². The zero-order chi connectivity index (χ0) is 51.9. The lowest BCUT2D eigenvalue weighted by Crippen LogP contribution is -2.59. The summed E-state index contributed by atoms with van der Waals surface area (Å²) in [7, 11) is -3.00. The summed E-state index contributed by atoms with van der Waals surface area (Å²) in [6, 6.07) is 8.47. The van der Waals surface area contributed by atoms with E-state index in [0.29, 0.717) is 61.1 Å². The maximum absolute atomic E-state index is 14.2. The van der Waals surface area contributed by atoms with Crippen LogP contribution in [0, 0.1) is 0 Å². The van der Waals surface area contributed by atoms with E-state index in [2.05, 4.69) is 62.8 Å². The van der Waals surface area contributed by atoms with Crippen molar-refractivity contribution in [3.05, 3.63) is 82.1 Å². The molecule has 4 aliphatic heterocycles. The molecule has 74 heavy (non-hydrogen) atoms. The fourth-order valence-corrected chi connectivity index (χ4v) is 15.2. The van der Waals surface area contributed by atoms with Crippen molar-refractivity contribution in [1.82, 2.24) is 24.8 Å². The van der Waals surface area contributed by atoms with Gasteiger partial charge in [-0.15, -0.1) is 11.3 Å². The minimum atomic E-state index is -4.57. The number of aliphatic hydroxyl groups is 1. The van der Waals surface area contributed by atoms with Crippen LogP contribution in [0.15, 0.2) is 55.5 Å². The Kier molecular flexibility index (Phi) is 15.4. The normalized spacial score (nSPS) is 26.8. The zero-order valence-electron chi connectivity index (χ0n) is 43.2. The third-order valence-electron chi connectivity index (χ3n) is 16.9. The van der Waals surface area contributed by atoms with Gasteiger partial charge in [0.05, 0.1) is 65.7 Å². The number of hydrogen-bond donors (Lipinski definition) is 5. The van der Waals surface area contributed by atoms with Gasteiger partial charge < -0.3 is 49.9 Å². The lowest BCUT2D eigenvalue weighted by atomic mass is 9.78. The van der Waals surface area contributed by atoms with E-state index in [1.165, 1.54) is 34.9 Å². The number of nitrogens with one attached hydrogen (secondary N) is 2. The molecule has 20 heteroatoms. The molecule has 6 aliphatic rings.